The van der Waals surface area contributed by atoms with Crippen LogP contribution in [0.25, 0.3) is 0 Å². The second-order valence-corrected chi connectivity index (χ2v) is 5.12. The van der Waals surface area contributed by atoms with Crippen LogP contribution in [0.3, 0.4) is 0 Å². The zero-order valence-corrected chi connectivity index (χ0v) is 11.2. The van der Waals surface area contributed by atoms with Gasteiger partial charge in [0.15, 0.2) is 0 Å². The number of likely N-dealkylation sites (tertiary alicyclic amines) is 1. The summed E-state index contributed by atoms with van der Waals surface area (Å²) in [7, 11) is 4.07. The van der Waals surface area contributed by atoms with Crippen LogP contribution >= 0.6 is 0 Å². The number of rotatable bonds is 4. The third-order valence-electron chi connectivity index (χ3n) is 3.88. The Hall–Kier alpha value is -0.870. The Bertz CT molecular complexity index is 345. The van der Waals surface area contributed by atoms with Gasteiger partial charge in [0.2, 0.25) is 0 Å². The van der Waals surface area contributed by atoms with Gasteiger partial charge in [0.05, 0.1) is 5.69 Å². The lowest BCUT2D eigenvalue weighted by molar-refractivity contribution is 0.127. The van der Waals surface area contributed by atoms with Crippen molar-refractivity contribution < 1.29 is 0 Å². The minimum Gasteiger partial charge on any atom is -0.319 e. The van der Waals surface area contributed by atoms with Crippen LogP contribution in [0.15, 0.2) is 12.3 Å². The predicted octanol–water partition coefficient (Wildman–Crippen LogP) is 1.41. The molecule has 0 radical (unpaired) electrons. The van der Waals surface area contributed by atoms with Gasteiger partial charge in [-0.25, -0.2) is 0 Å². The molecule has 1 aromatic rings. The molecule has 2 rings (SSSR count). The maximum absolute atomic E-state index is 4.27. The monoisotopic (exact) mass is 236 g/mol. The molecule has 1 aromatic heterocycles. The first-order valence-electron chi connectivity index (χ1n) is 6.59. The lowest BCUT2D eigenvalue weighted by Gasteiger charge is -2.36. The Labute approximate surface area is 104 Å². The van der Waals surface area contributed by atoms with E-state index in [1.165, 1.54) is 31.6 Å². The van der Waals surface area contributed by atoms with Crippen LogP contribution in [0.4, 0.5) is 0 Å². The Kier molecular flexibility index (Phi) is 4.18. The van der Waals surface area contributed by atoms with Crippen molar-refractivity contribution >= 4 is 0 Å². The second kappa shape index (κ2) is 5.65. The number of nitrogens with one attached hydrogen (secondary N) is 1. The van der Waals surface area contributed by atoms with Gasteiger partial charge < -0.3 is 5.32 Å². The van der Waals surface area contributed by atoms with Crippen molar-refractivity contribution in [1.82, 2.24) is 20.0 Å². The third-order valence-corrected chi connectivity index (χ3v) is 3.88. The van der Waals surface area contributed by atoms with Gasteiger partial charge in [0, 0.05) is 25.8 Å². The fourth-order valence-corrected chi connectivity index (χ4v) is 2.89. The molecule has 0 aliphatic carbocycles. The maximum atomic E-state index is 4.27. The van der Waals surface area contributed by atoms with Gasteiger partial charge in [-0.05, 0) is 51.9 Å². The second-order valence-electron chi connectivity index (χ2n) is 5.12. The van der Waals surface area contributed by atoms with Crippen LogP contribution < -0.4 is 5.32 Å². The Balaban J connectivity index is 1.99. The summed E-state index contributed by atoms with van der Waals surface area (Å²) in [5, 5.41) is 7.56. The van der Waals surface area contributed by atoms with E-state index in [1.807, 2.05) is 25.0 Å². The molecule has 0 bridgehead atoms. The summed E-state index contributed by atoms with van der Waals surface area (Å²) in [4.78, 5) is 2.59. The molecular formula is C13H24N4. The lowest BCUT2D eigenvalue weighted by atomic mass is 9.96. The van der Waals surface area contributed by atoms with Crippen LogP contribution in [0.2, 0.25) is 0 Å². The molecule has 0 saturated carbocycles. The van der Waals surface area contributed by atoms with Gasteiger partial charge in [0.1, 0.15) is 0 Å². The molecule has 1 aliphatic rings. The van der Waals surface area contributed by atoms with Crippen LogP contribution in [-0.4, -0.2) is 41.4 Å². The zero-order valence-electron chi connectivity index (χ0n) is 11.2. The molecule has 96 valence electrons. The maximum Gasteiger partial charge on any atom is 0.0549 e. The summed E-state index contributed by atoms with van der Waals surface area (Å²) < 4.78 is 1.99. The fraction of sp³-hybridized carbons (Fsp3) is 0.769. The van der Waals surface area contributed by atoms with Gasteiger partial charge in [0.25, 0.3) is 0 Å². The van der Waals surface area contributed by atoms with E-state index in [4.69, 9.17) is 0 Å². The van der Waals surface area contributed by atoms with Crippen LogP contribution in [0, 0.1) is 5.92 Å². The smallest absolute Gasteiger partial charge is 0.0549 e. The molecule has 2 unspecified atom stereocenters. The molecular weight excluding hydrogens is 212 g/mol. The molecule has 17 heavy (non-hydrogen) atoms. The molecule has 2 atom stereocenters. The van der Waals surface area contributed by atoms with Crippen molar-refractivity contribution in [2.45, 2.75) is 25.8 Å². The van der Waals surface area contributed by atoms with Crippen molar-refractivity contribution in [3.8, 4) is 0 Å². The first-order valence-corrected chi connectivity index (χ1v) is 6.59. The summed E-state index contributed by atoms with van der Waals surface area (Å²) in [6.45, 7) is 5.84. The molecule has 1 N–H and O–H groups in total. The summed E-state index contributed by atoms with van der Waals surface area (Å²) in [5.74, 6) is 0.796. The van der Waals surface area contributed by atoms with Crippen LogP contribution in [0.1, 0.15) is 31.5 Å². The van der Waals surface area contributed by atoms with Crippen molar-refractivity contribution in [1.29, 1.82) is 0 Å². The number of hydrogen-bond donors (Lipinski definition) is 1. The van der Waals surface area contributed by atoms with Crippen molar-refractivity contribution in [3.63, 3.8) is 0 Å². The lowest BCUT2D eigenvalue weighted by Crippen LogP contribution is -2.40. The first kappa shape index (κ1) is 12.6. The predicted molar refractivity (Wildman–Crippen MR) is 69.8 cm³/mol. The van der Waals surface area contributed by atoms with E-state index in [-0.39, 0.29) is 0 Å². The minimum atomic E-state index is 0.474. The van der Waals surface area contributed by atoms with E-state index in [2.05, 4.69) is 28.3 Å². The van der Waals surface area contributed by atoms with Gasteiger partial charge >= 0.3 is 0 Å². The zero-order chi connectivity index (χ0) is 12.3. The number of hydrogen-bond acceptors (Lipinski definition) is 3. The molecule has 0 amide bonds. The molecule has 2 heterocycles. The van der Waals surface area contributed by atoms with E-state index < -0.39 is 0 Å². The molecule has 4 nitrogen and oxygen atoms in total. The van der Waals surface area contributed by atoms with Gasteiger partial charge in [-0.3, -0.25) is 9.58 Å². The molecule has 4 heteroatoms. The first-order chi connectivity index (χ1) is 8.22. The van der Waals surface area contributed by atoms with Crippen molar-refractivity contribution in [2.24, 2.45) is 13.0 Å². The number of piperidine rings is 1. The van der Waals surface area contributed by atoms with Crippen molar-refractivity contribution in [3.05, 3.63) is 18.0 Å². The molecule has 1 aliphatic heterocycles. The Morgan fingerprint density at radius 3 is 3.06 bits per heavy atom. The minimum absolute atomic E-state index is 0.474. The van der Waals surface area contributed by atoms with E-state index in [1.54, 1.807) is 0 Å². The summed E-state index contributed by atoms with van der Waals surface area (Å²) in [5.41, 5.74) is 1.31. The van der Waals surface area contributed by atoms with E-state index in [0.717, 1.165) is 12.5 Å². The van der Waals surface area contributed by atoms with E-state index >= 15 is 0 Å². The summed E-state index contributed by atoms with van der Waals surface area (Å²) in [6, 6.07) is 2.61. The highest BCUT2D eigenvalue weighted by Gasteiger charge is 2.25. The standard InChI is InChI=1S/C13H24N4/c1-11(13-6-7-15-16(13)3)17-8-4-5-12(10-17)9-14-2/h6-7,11-12,14H,4-5,8-10H2,1-3H3. The number of aromatic nitrogens is 2. The molecule has 0 spiro atoms. The average molecular weight is 236 g/mol. The molecule has 0 aromatic carbocycles. The molecule has 1 fully saturated rings. The van der Waals surface area contributed by atoms with Gasteiger partial charge in [-0.1, -0.05) is 0 Å². The van der Waals surface area contributed by atoms with E-state index in [0.29, 0.717) is 6.04 Å². The fourth-order valence-electron chi connectivity index (χ4n) is 2.89. The molecule has 1 saturated heterocycles. The normalized spacial score (nSPS) is 23.8. The largest absolute Gasteiger partial charge is 0.319 e. The number of nitrogens with zero attached hydrogens (tertiary/aromatic N) is 3. The Morgan fingerprint density at radius 2 is 2.41 bits per heavy atom. The van der Waals surface area contributed by atoms with Gasteiger partial charge in [-0.15, -0.1) is 0 Å². The summed E-state index contributed by atoms with van der Waals surface area (Å²) >= 11 is 0. The van der Waals surface area contributed by atoms with Gasteiger partial charge in [-0.2, -0.15) is 5.10 Å². The van der Waals surface area contributed by atoms with Crippen LogP contribution in [-0.2, 0) is 7.05 Å². The van der Waals surface area contributed by atoms with E-state index in [9.17, 15) is 0 Å². The average Bonchev–Trinajstić information content (AvgIpc) is 2.75. The number of aryl methyl sites for hydroxylation is 1. The highest BCUT2D eigenvalue weighted by atomic mass is 15.3. The Morgan fingerprint density at radius 1 is 1.59 bits per heavy atom. The summed E-state index contributed by atoms with van der Waals surface area (Å²) in [6.07, 6.45) is 4.56. The highest BCUT2D eigenvalue weighted by Crippen LogP contribution is 2.25. The highest BCUT2D eigenvalue weighted by molar-refractivity contribution is 5.06. The van der Waals surface area contributed by atoms with Crippen molar-refractivity contribution in [2.75, 3.05) is 26.7 Å². The quantitative estimate of drug-likeness (QED) is 0.858. The van der Waals surface area contributed by atoms with Crippen LogP contribution in [0.5, 0.6) is 0 Å². The topological polar surface area (TPSA) is 33.1 Å². The SMILES string of the molecule is CNCC1CCCN(C(C)c2ccnn2C)C1. The third kappa shape index (κ3) is 2.87.